The minimum Gasteiger partial charge on any atom is -0.481 e. The van der Waals surface area contributed by atoms with E-state index in [0.29, 0.717) is 17.9 Å². The molecular formula is C14H17ClO2S. The highest BCUT2D eigenvalue weighted by Gasteiger charge is 2.42. The van der Waals surface area contributed by atoms with Gasteiger partial charge in [0.2, 0.25) is 0 Å². The quantitative estimate of drug-likeness (QED) is 0.839. The number of hydrogen-bond acceptors (Lipinski definition) is 2. The van der Waals surface area contributed by atoms with Crippen LogP contribution in [-0.2, 0) is 10.2 Å². The molecule has 0 radical (unpaired) electrons. The first-order chi connectivity index (χ1) is 8.60. The summed E-state index contributed by atoms with van der Waals surface area (Å²) in [6, 6.07) is 5.71. The molecule has 1 aromatic rings. The minimum absolute atomic E-state index is 0.581. The summed E-state index contributed by atoms with van der Waals surface area (Å²) in [4.78, 5) is 12.8. The van der Waals surface area contributed by atoms with Crippen LogP contribution < -0.4 is 0 Å². The van der Waals surface area contributed by atoms with Gasteiger partial charge in [0.25, 0.3) is 0 Å². The predicted octanol–water partition coefficient (Wildman–Crippen LogP) is 4.35. The first-order valence-electron chi connectivity index (χ1n) is 6.17. The average Bonchev–Trinajstić information content (AvgIpc) is 2.40. The number of carboxylic acid groups (broad SMARTS) is 1. The molecule has 1 saturated carbocycles. The van der Waals surface area contributed by atoms with E-state index in [1.165, 1.54) is 0 Å². The van der Waals surface area contributed by atoms with E-state index in [9.17, 15) is 9.90 Å². The molecule has 98 valence electrons. The van der Waals surface area contributed by atoms with Crippen LogP contribution in [0.4, 0.5) is 0 Å². The van der Waals surface area contributed by atoms with E-state index < -0.39 is 11.4 Å². The van der Waals surface area contributed by atoms with E-state index in [4.69, 9.17) is 11.6 Å². The molecule has 18 heavy (non-hydrogen) atoms. The second-order valence-electron chi connectivity index (χ2n) is 4.79. The highest BCUT2D eigenvalue weighted by molar-refractivity contribution is 7.98. The molecule has 0 bridgehead atoms. The lowest BCUT2D eigenvalue weighted by molar-refractivity contribution is -0.145. The van der Waals surface area contributed by atoms with Gasteiger partial charge in [-0.25, -0.2) is 0 Å². The van der Waals surface area contributed by atoms with Gasteiger partial charge in [-0.3, -0.25) is 4.79 Å². The van der Waals surface area contributed by atoms with Gasteiger partial charge in [0.05, 0.1) is 5.41 Å². The first-order valence-corrected chi connectivity index (χ1v) is 7.78. The summed E-state index contributed by atoms with van der Waals surface area (Å²) in [5.74, 6) is -0.734. The van der Waals surface area contributed by atoms with Crippen molar-refractivity contribution in [2.45, 2.75) is 42.4 Å². The van der Waals surface area contributed by atoms with Crippen LogP contribution in [0.15, 0.2) is 23.1 Å². The number of halogens is 1. The van der Waals surface area contributed by atoms with Crippen LogP contribution in [0.3, 0.4) is 0 Å². The fraction of sp³-hybridized carbons (Fsp3) is 0.500. The van der Waals surface area contributed by atoms with Gasteiger partial charge in [0.15, 0.2) is 0 Å². The Morgan fingerprint density at radius 2 is 2.00 bits per heavy atom. The summed E-state index contributed by atoms with van der Waals surface area (Å²) < 4.78 is 0. The Kier molecular flexibility index (Phi) is 4.23. The van der Waals surface area contributed by atoms with Crippen LogP contribution >= 0.6 is 23.4 Å². The fourth-order valence-electron chi connectivity index (χ4n) is 2.75. The largest absolute Gasteiger partial charge is 0.481 e. The van der Waals surface area contributed by atoms with Crippen LogP contribution in [0.1, 0.15) is 37.7 Å². The van der Waals surface area contributed by atoms with Crippen molar-refractivity contribution in [1.29, 1.82) is 0 Å². The molecule has 1 aromatic carbocycles. The van der Waals surface area contributed by atoms with Gasteiger partial charge >= 0.3 is 5.97 Å². The fourth-order valence-corrected chi connectivity index (χ4v) is 3.49. The molecule has 0 unspecified atom stereocenters. The molecule has 0 aromatic heterocycles. The lowest BCUT2D eigenvalue weighted by Crippen LogP contribution is -2.38. The zero-order chi connectivity index (χ0) is 13.2. The standard InChI is InChI=1S/C14H17ClO2S/c1-18-10-5-6-12(15)11(9-10)14(13(16)17)7-3-2-4-8-14/h5-6,9H,2-4,7-8H2,1H3,(H,16,17). The average molecular weight is 285 g/mol. The maximum Gasteiger partial charge on any atom is 0.314 e. The Morgan fingerprint density at radius 3 is 2.56 bits per heavy atom. The Bertz CT molecular complexity index is 453. The number of carboxylic acids is 1. The van der Waals surface area contributed by atoms with Gasteiger partial charge < -0.3 is 5.11 Å². The van der Waals surface area contributed by atoms with E-state index in [-0.39, 0.29) is 0 Å². The predicted molar refractivity (Wildman–Crippen MR) is 75.6 cm³/mol. The second kappa shape index (κ2) is 5.54. The van der Waals surface area contributed by atoms with Gasteiger partial charge in [-0.2, -0.15) is 0 Å². The van der Waals surface area contributed by atoms with Crippen molar-refractivity contribution in [2.24, 2.45) is 0 Å². The van der Waals surface area contributed by atoms with Crippen molar-refractivity contribution in [3.05, 3.63) is 28.8 Å². The lowest BCUT2D eigenvalue weighted by Gasteiger charge is -2.34. The summed E-state index contributed by atoms with van der Waals surface area (Å²) >= 11 is 7.86. The molecule has 0 aliphatic heterocycles. The number of thioether (sulfide) groups is 1. The number of hydrogen-bond donors (Lipinski definition) is 1. The SMILES string of the molecule is CSc1ccc(Cl)c(C2(C(=O)O)CCCCC2)c1. The Labute approximate surface area is 117 Å². The van der Waals surface area contributed by atoms with E-state index in [1.54, 1.807) is 11.8 Å². The number of rotatable bonds is 3. The van der Waals surface area contributed by atoms with E-state index >= 15 is 0 Å². The van der Waals surface area contributed by atoms with Crippen LogP contribution in [0.2, 0.25) is 5.02 Å². The van der Waals surface area contributed by atoms with Crippen LogP contribution in [0.25, 0.3) is 0 Å². The van der Waals surface area contributed by atoms with Gasteiger partial charge in [0.1, 0.15) is 0 Å². The topological polar surface area (TPSA) is 37.3 Å². The molecular weight excluding hydrogens is 268 g/mol. The van der Waals surface area contributed by atoms with Crippen molar-refractivity contribution in [3.63, 3.8) is 0 Å². The summed E-state index contributed by atoms with van der Waals surface area (Å²) in [5.41, 5.74) is 0.0179. The van der Waals surface area contributed by atoms with Crippen molar-refractivity contribution < 1.29 is 9.90 Å². The highest BCUT2D eigenvalue weighted by atomic mass is 35.5. The maximum absolute atomic E-state index is 11.8. The third-order valence-corrected chi connectivity index (χ3v) is 4.86. The zero-order valence-electron chi connectivity index (χ0n) is 10.4. The molecule has 0 spiro atoms. The molecule has 0 saturated heterocycles. The first kappa shape index (κ1) is 13.8. The van der Waals surface area contributed by atoms with E-state index in [0.717, 1.165) is 29.7 Å². The monoisotopic (exact) mass is 284 g/mol. The highest BCUT2D eigenvalue weighted by Crippen LogP contribution is 2.43. The molecule has 1 fully saturated rings. The van der Waals surface area contributed by atoms with Crippen molar-refractivity contribution in [3.8, 4) is 0 Å². The number of aliphatic carboxylic acids is 1. The molecule has 1 aliphatic carbocycles. The lowest BCUT2D eigenvalue weighted by atomic mass is 9.69. The minimum atomic E-state index is -0.777. The number of benzene rings is 1. The van der Waals surface area contributed by atoms with Crippen molar-refractivity contribution in [2.75, 3.05) is 6.26 Å². The zero-order valence-corrected chi connectivity index (χ0v) is 12.0. The third-order valence-electron chi connectivity index (χ3n) is 3.81. The van der Waals surface area contributed by atoms with Crippen LogP contribution in [-0.4, -0.2) is 17.3 Å². The van der Waals surface area contributed by atoms with Crippen molar-refractivity contribution in [1.82, 2.24) is 0 Å². The molecule has 2 rings (SSSR count). The summed E-state index contributed by atoms with van der Waals surface area (Å²) in [6.45, 7) is 0. The molecule has 2 nitrogen and oxygen atoms in total. The molecule has 4 heteroatoms. The summed E-state index contributed by atoms with van der Waals surface area (Å²) in [5, 5.41) is 10.2. The summed E-state index contributed by atoms with van der Waals surface area (Å²) in [6.07, 6.45) is 6.42. The van der Waals surface area contributed by atoms with E-state index in [2.05, 4.69) is 0 Å². The van der Waals surface area contributed by atoms with Crippen molar-refractivity contribution >= 4 is 29.3 Å². The van der Waals surface area contributed by atoms with Crippen LogP contribution in [0, 0.1) is 0 Å². The second-order valence-corrected chi connectivity index (χ2v) is 6.08. The van der Waals surface area contributed by atoms with Gasteiger partial charge in [-0.1, -0.05) is 30.9 Å². The molecule has 1 N–H and O–H groups in total. The van der Waals surface area contributed by atoms with E-state index in [1.807, 2.05) is 24.5 Å². The maximum atomic E-state index is 11.8. The van der Waals surface area contributed by atoms with Gasteiger partial charge in [0, 0.05) is 9.92 Å². The Morgan fingerprint density at radius 1 is 1.33 bits per heavy atom. The third kappa shape index (κ3) is 2.39. The van der Waals surface area contributed by atoms with Gasteiger partial charge in [-0.15, -0.1) is 11.8 Å². The summed E-state index contributed by atoms with van der Waals surface area (Å²) in [7, 11) is 0. The Hall–Kier alpha value is -0.670. The molecule has 0 heterocycles. The Balaban J connectivity index is 2.51. The normalized spacial score (nSPS) is 18.6. The molecule has 0 atom stereocenters. The van der Waals surface area contributed by atoms with Crippen LogP contribution in [0.5, 0.6) is 0 Å². The number of carbonyl (C=O) groups is 1. The molecule has 1 aliphatic rings. The molecule has 0 amide bonds. The van der Waals surface area contributed by atoms with Gasteiger partial charge in [-0.05, 0) is 42.9 Å². The smallest absolute Gasteiger partial charge is 0.314 e.